The van der Waals surface area contributed by atoms with Crippen molar-refractivity contribution in [2.24, 2.45) is 5.92 Å². The predicted octanol–water partition coefficient (Wildman–Crippen LogP) is 6.91. The van der Waals surface area contributed by atoms with Gasteiger partial charge in [-0.25, -0.2) is 18.6 Å². The molecule has 8 nitrogen and oxygen atoms in total. The van der Waals surface area contributed by atoms with Crippen LogP contribution in [0.2, 0.25) is 0 Å². The standard InChI is InChI=1S/C31H43F2N5O3/c1-7-14-37(9-3)15-13-20(8-2)11-10-12-22-16-23-28-21(18-34-30(23)35-22)19-38(31(39)36(28)4)29-26(32)24(40-5)17-25(41-6)27(29)33/h16-18,20H,7-15,19H2,1-6H3,(H,34,35). The van der Waals surface area contributed by atoms with Crippen molar-refractivity contribution in [3.63, 3.8) is 0 Å². The van der Waals surface area contributed by atoms with Gasteiger partial charge in [0.25, 0.3) is 0 Å². The zero-order chi connectivity index (χ0) is 29.7. The summed E-state index contributed by atoms with van der Waals surface area (Å²) in [6, 6.07) is 2.62. The smallest absolute Gasteiger partial charge is 0.329 e. The third-order valence-electron chi connectivity index (χ3n) is 8.24. The summed E-state index contributed by atoms with van der Waals surface area (Å²) in [7, 11) is 4.16. The van der Waals surface area contributed by atoms with Gasteiger partial charge in [0.1, 0.15) is 11.3 Å². The first kappa shape index (κ1) is 30.6. The normalized spacial score (nSPS) is 14.2. The molecule has 3 aromatic rings. The second kappa shape index (κ2) is 13.5. The first-order valence-corrected chi connectivity index (χ1v) is 14.6. The van der Waals surface area contributed by atoms with Gasteiger partial charge in [-0.2, -0.15) is 0 Å². The number of rotatable bonds is 14. The molecule has 1 N–H and O–H groups in total. The van der Waals surface area contributed by atoms with Gasteiger partial charge in [0, 0.05) is 36.0 Å². The molecule has 224 valence electrons. The number of aromatic amines is 1. The Morgan fingerprint density at radius 3 is 2.37 bits per heavy atom. The van der Waals surface area contributed by atoms with E-state index in [1.54, 1.807) is 13.2 Å². The van der Waals surface area contributed by atoms with Crippen LogP contribution >= 0.6 is 0 Å². The number of ether oxygens (including phenoxy) is 2. The van der Waals surface area contributed by atoms with Gasteiger partial charge in [0.05, 0.1) is 26.5 Å². The molecule has 1 aliphatic heterocycles. The minimum absolute atomic E-state index is 0.0445. The molecule has 0 saturated heterocycles. The van der Waals surface area contributed by atoms with Crippen molar-refractivity contribution < 1.29 is 23.0 Å². The first-order valence-electron chi connectivity index (χ1n) is 14.6. The largest absolute Gasteiger partial charge is 0.493 e. The Balaban J connectivity index is 1.52. The maximum absolute atomic E-state index is 15.3. The molecule has 2 amide bonds. The number of nitrogens with one attached hydrogen (secondary N) is 1. The van der Waals surface area contributed by atoms with Gasteiger partial charge in [0.2, 0.25) is 0 Å². The number of aryl methyl sites for hydroxylation is 1. The Bertz CT molecular complexity index is 1330. The molecule has 3 heterocycles. The molecule has 41 heavy (non-hydrogen) atoms. The summed E-state index contributed by atoms with van der Waals surface area (Å²) >= 11 is 0. The van der Waals surface area contributed by atoms with Crippen LogP contribution in [0.4, 0.5) is 25.0 Å². The fourth-order valence-electron chi connectivity index (χ4n) is 5.85. The van der Waals surface area contributed by atoms with E-state index in [0.29, 0.717) is 22.8 Å². The van der Waals surface area contributed by atoms with Crippen LogP contribution in [-0.2, 0) is 13.0 Å². The molecule has 0 saturated carbocycles. The van der Waals surface area contributed by atoms with E-state index in [9.17, 15) is 4.79 Å². The third-order valence-corrected chi connectivity index (χ3v) is 8.24. The molecular weight excluding hydrogens is 528 g/mol. The van der Waals surface area contributed by atoms with Gasteiger partial charge < -0.3 is 19.4 Å². The number of pyridine rings is 1. The number of nitrogens with zero attached hydrogens (tertiary/aromatic N) is 4. The van der Waals surface area contributed by atoms with Crippen LogP contribution in [0.3, 0.4) is 0 Å². The lowest BCUT2D eigenvalue weighted by Crippen LogP contribution is -2.46. The number of aromatic nitrogens is 2. The summed E-state index contributed by atoms with van der Waals surface area (Å²) in [5.41, 5.74) is 2.62. The van der Waals surface area contributed by atoms with Crippen LogP contribution in [0.25, 0.3) is 11.0 Å². The zero-order valence-corrected chi connectivity index (χ0v) is 25.1. The first-order chi connectivity index (χ1) is 19.8. The van der Waals surface area contributed by atoms with Crippen LogP contribution in [0.15, 0.2) is 18.3 Å². The molecule has 0 spiro atoms. The van der Waals surface area contributed by atoms with E-state index >= 15 is 8.78 Å². The van der Waals surface area contributed by atoms with Gasteiger partial charge in [-0.1, -0.05) is 33.6 Å². The third kappa shape index (κ3) is 6.27. The minimum atomic E-state index is -0.966. The van der Waals surface area contributed by atoms with Gasteiger partial charge >= 0.3 is 6.03 Å². The van der Waals surface area contributed by atoms with E-state index in [2.05, 4.69) is 41.7 Å². The van der Waals surface area contributed by atoms with E-state index in [0.717, 1.165) is 60.9 Å². The Kier molecular flexibility index (Phi) is 10.1. The number of fused-ring (bicyclic) bond motifs is 3. The highest BCUT2D eigenvalue weighted by Gasteiger charge is 2.36. The summed E-state index contributed by atoms with van der Waals surface area (Å²) in [6.07, 6.45) is 8.35. The molecule has 2 aromatic heterocycles. The van der Waals surface area contributed by atoms with Crippen molar-refractivity contribution in [3.05, 3.63) is 41.2 Å². The van der Waals surface area contributed by atoms with Crippen LogP contribution in [0.5, 0.6) is 11.5 Å². The van der Waals surface area contributed by atoms with E-state index in [-0.39, 0.29) is 18.0 Å². The average molecular weight is 572 g/mol. The highest BCUT2D eigenvalue weighted by Crippen LogP contribution is 2.42. The quantitative estimate of drug-likeness (QED) is 0.228. The second-order valence-electron chi connectivity index (χ2n) is 10.8. The number of H-pyrrole nitrogens is 1. The topological polar surface area (TPSA) is 73.9 Å². The maximum atomic E-state index is 15.3. The van der Waals surface area contributed by atoms with Crippen molar-refractivity contribution in [3.8, 4) is 11.5 Å². The summed E-state index contributed by atoms with van der Waals surface area (Å²) in [6.45, 7) is 10.1. The van der Waals surface area contributed by atoms with Crippen LogP contribution < -0.4 is 19.3 Å². The fraction of sp³-hybridized carbons (Fsp3) is 0.548. The number of hydrogen-bond acceptors (Lipinski definition) is 5. The number of methoxy groups -OCH3 is 2. The van der Waals surface area contributed by atoms with Crippen molar-refractivity contribution in [1.82, 2.24) is 14.9 Å². The number of anilines is 2. The monoisotopic (exact) mass is 571 g/mol. The Morgan fingerprint density at radius 1 is 1.05 bits per heavy atom. The molecule has 4 rings (SSSR count). The molecular formula is C31H43F2N5O3. The van der Waals surface area contributed by atoms with Crippen LogP contribution in [-0.4, -0.2) is 61.8 Å². The molecule has 1 atom stereocenters. The minimum Gasteiger partial charge on any atom is -0.493 e. The molecule has 0 aliphatic carbocycles. The summed E-state index contributed by atoms with van der Waals surface area (Å²) in [5, 5.41) is 0.822. The predicted molar refractivity (Wildman–Crippen MR) is 159 cm³/mol. The van der Waals surface area contributed by atoms with Crippen LogP contribution in [0, 0.1) is 17.6 Å². The molecule has 0 fully saturated rings. The van der Waals surface area contributed by atoms with E-state index in [4.69, 9.17) is 9.47 Å². The van der Waals surface area contributed by atoms with Crippen molar-refractivity contribution in [2.45, 2.75) is 65.8 Å². The Hall–Kier alpha value is -3.40. The van der Waals surface area contributed by atoms with Gasteiger partial charge in [-0.05, 0) is 57.3 Å². The highest BCUT2D eigenvalue weighted by atomic mass is 19.1. The lowest BCUT2D eigenvalue weighted by Gasteiger charge is -2.35. The van der Waals surface area contributed by atoms with Crippen molar-refractivity contribution in [2.75, 3.05) is 50.7 Å². The van der Waals surface area contributed by atoms with Gasteiger partial charge in [0.15, 0.2) is 23.1 Å². The fourth-order valence-corrected chi connectivity index (χ4v) is 5.85. The molecule has 0 bridgehead atoms. The number of hydrogen-bond donors (Lipinski definition) is 1. The highest BCUT2D eigenvalue weighted by molar-refractivity contribution is 6.11. The van der Waals surface area contributed by atoms with Crippen molar-refractivity contribution >= 4 is 28.4 Å². The Morgan fingerprint density at radius 2 is 1.76 bits per heavy atom. The SMILES string of the molecule is CCCN(CC)CCC(CC)CCCc1cc2c3c(cnc2[nH]1)CN(c1c(F)c(OC)cc(OC)c1F)C(=O)N3C. The van der Waals surface area contributed by atoms with E-state index in [1.807, 2.05) is 0 Å². The zero-order valence-electron chi connectivity index (χ0n) is 25.1. The second-order valence-corrected chi connectivity index (χ2v) is 10.8. The van der Waals surface area contributed by atoms with Crippen molar-refractivity contribution in [1.29, 1.82) is 0 Å². The molecule has 0 radical (unpaired) electrons. The van der Waals surface area contributed by atoms with E-state index < -0.39 is 23.4 Å². The Labute approximate surface area is 241 Å². The lowest BCUT2D eigenvalue weighted by molar-refractivity contribution is 0.250. The number of urea groups is 1. The average Bonchev–Trinajstić information content (AvgIpc) is 3.39. The number of amides is 2. The molecule has 1 aromatic carbocycles. The number of carbonyl (C=O) groups excluding carboxylic acids is 1. The number of benzene rings is 1. The molecule has 1 unspecified atom stereocenters. The van der Waals surface area contributed by atoms with E-state index in [1.165, 1.54) is 38.4 Å². The molecule has 1 aliphatic rings. The molecule has 10 heteroatoms. The van der Waals surface area contributed by atoms with Gasteiger partial charge in [-0.15, -0.1) is 0 Å². The lowest BCUT2D eigenvalue weighted by atomic mass is 9.95. The maximum Gasteiger partial charge on any atom is 0.329 e. The number of halogens is 2. The summed E-state index contributed by atoms with van der Waals surface area (Å²) < 4.78 is 40.6. The van der Waals surface area contributed by atoms with Crippen LogP contribution in [0.1, 0.15) is 64.1 Å². The summed E-state index contributed by atoms with van der Waals surface area (Å²) in [4.78, 5) is 26.5. The number of carbonyl (C=O) groups is 1. The van der Waals surface area contributed by atoms with Gasteiger partial charge in [-0.3, -0.25) is 9.80 Å². The summed E-state index contributed by atoms with van der Waals surface area (Å²) in [5.74, 6) is -1.66.